The zero-order valence-electron chi connectivity index (χ0n) is 16.6. The van der Waals surface area contributed by atoms with Gasteiger partial charge in [0, 0.05) is 10.7 Å². The monoisotopic (exact) mass is 509 g/mol. The number of nitrogens with zero attached hydrogens (tertiary/aromatic N) is 2. The van der Waals surface area contributed by atoms with E-state index in [2.05, 4.69) is 26.2 Å². The van der Waals surface area contributed by atoms with Crippen LogP contribution in [0.5, 0.6) is 5.75 Å². The topological polar surface area (TPSA) is 61.5 Å². The second-order valence-corrected chi connectivity index (χ2v) is 8.61. The standard InChI is InChI=1S/C24H17BrFN3O2S/c25-14-8-9-15(16(26)13-14)20-10-11-21(31-20)23-22(17-5-3-4-12-27-17)28-24(32)29(23)18-6-1-2-7-19(18)30/h1-13,22-23,30H,(H,28,32)/t22-,23+/m0/s1. The smallest absolute Gasteiger partial charge is 0.174 e. The van der Waals surface area contributed by atoms with E-state index in [-0.39, 0.29) is 17.6 Å². The quantitative estimate of drug-likeness (QED) is 0.323. The molecule has 5 nitrogen and oxygen atoms in total. The van der Waals surface area contributed by atoms with E-state index in [1.165, 1.54) is 6.07 Å². The maximum absolute atomic E-state index is 14.5. The predicted molar refractivity (Wildman–Crippen MR) is 128 cm³/mol. The molecule has 1 saturated heterocycles. The van der Waals surface area contributed by atoms with Crippen molar-refractivity contribution in [1.29, 1.82) is 0 Å². The van der Waals surface area contributed by atoms with E-state index >= 15 is 0 Å². The third-order valence-electron chi connectivity index (χ3n) is 5.35. The van der Waals surface area contributed by atoms with Gasteiger partial charge in [-0.25, -0.2) is 4.39 Å². The Morgan fingerprint density at radius 2 is 1.88 bits per heavy atom. The number of phenolic OH excluding ortho intramolecular Hbond substituents is 1. The van der Waals surface area contributed by atoms with Crippen LogP contribution in [0.3, 0.4) is 0 Å². The fraction of sp³-hybridized carbons (Fsp3) is 0.0833. The summed E-state index contributed by atoms with van der Waals surface area (Å²) in [4.78, 5) is 6.30. The zero-order chi connectivity index (χ0) is 22.2. The Balaban J connectivity index is 1.62. The van der Waals surface area contributed by atoms with E-state index in [4.69, 9.17) is 16.6 Å². The van der Waals surface area contributed by atoms with Crippen LogP contribution in [0.4, 0.5) is 10.1 Å². The summed E-state index contributed by atoms with van der Waals surface area (Å²) in [5.41, 5.74) is 1.67. The van der Waals surface area contributed by atoms with Crippen LogP contribution in [0, 0.1) is 5.82 Å². The number of benzene rings is 2. The summed E-state index contributed by atoms with van der Waals surface area (Å²) < 4.78 is 21.4. The molecule has 8 heteroatoms. The first-order valence-electron chi connectivity index (χ1n) is 9.87. The summed E-state index contributed by atoms with van der Waals surface area (Å²) in [7, 11) is 0. The third-order valence-corrected chi connectivity index (χ3v) is 6.16. The lowest BCUT2D eigenvalue weighted by molar-refractivity contribution is 0.433. The molecule has 5 rings (SSSR count). The van der Waals surface area contributed by atoms with Crippen molar-refractivity contribution in [3.63, 3.8) is 0 Å². The van der Waals surface area contributed by atoms with E-state index in [0.717, 1.165) is 5.69 Å². The normalized spacial score (nSPS) is 18.1. The van der Waals surface area contributed by atoms with E-state index in [0.29, 0.717) is 32.4 Å². The Bertz CT molecular complexity index is 1300. The number of aromatic hydroxyl groups is 1. The van der Waals surface area contributed by atoms with Gasteiger partial charge in [0.05, 0.1) is 23.0 Å². The molecule has 2 aromatic heterocycles. The molecule has 2 aromatic carbocycles. The zero-order valence-corrected chi connectivity index (χ0v) is 19.0. The van der Waals surface area contributed by atoms with Crippen LogP contribution in [0.15, 0.2) is 87.9 Å². The Hall–Kier alpha value is -3.23. The van der Waals surface area contributed by atoms with Gasteiger partial charge in [-0.15, -0.1) is 0 Å². The summed E-state index contributed by atoms with van der Waals surface area (Å²) in [6, 6.07) is 20.2. The molecule has 0 amide bonds. The Kier molecular flexibility index (Phi) is 5.40. The first-order valence-corrected chi connectivity index (χ1v) is 11.1. The first kappa shape index (κ1) is 20.7. The molecule has 4 aromatic rings. The largest absolute Gasteiger partial charge is 0.506 e. The fourth-order valence-electron chi connectivity index (χ4n) is 3.92. The maximum Gasteiger partial charge on any atom is 0.174 e. The second-order valence-electron chi connectivity index (χ2n) is 7.31. The van der Waals surface area contributed by atoms with Gasteiger partial charge in [0.2, 0.25) is 0 Å². The molecule has 160 valence electrons. The van der Waals surface area contributed by atoms with Crippen LogP contribution in [0.25, 0.3) is 11.3 Å². The van der Waals surface area contributed by atoms with E-state index in [9.17, 15) is 9.50 Å². The lowest BCUT2D eigenvalue weighted by atomic mass is 10.0. The molecule has 32 heavy (non-hydrogen) atoms. The van der Waals surface area contributed by atoms with Crippen molar-refractivity contribution in [1.82, 2.24) is 10.3 Å². The Morgan fingerprint density at radius 1 is 1.06 bits per heavy atom. The molecule has 2 atom stereocenters. The number of pyridine rings is 1. The number of hydrogen-bond donors (Lipinski definition) is 2. The minimum absolute atomic E-state index is 0.0917. The van der Waals surface area contributed by atoms with Gasteiger partial charge in [0.25, 0.3) is 0 Å². The molecule has 1 aliphatic rings. The Labute approximate surface area is 197 Å². The molecule has 2 N–H and O–H groups in total. The minimum atomic E-state index is -0.446. The molecule has 0 aliphatic carbocycles. The minimum Gasteiger partial charge on any atom is -0.506 e. The van der Waals surface area contributed by atoms with Crippen molar-refractivity contribution >= 4 is 38.9 Å². The van der Waals surface area contributed by atoms with Crippen LogP contribution in [-0.4, -0.2) is 15.2 Å². The fourth-order valence-corrected chi connectivity index (χ4v) is 4.59. The highest BCUT2D eigenvalue weighted by Gasteiger charge is 2.43. The number of thiocarbonyl (C=S) groups is 1. The summed E-state index contributed by atoms with van der Waals surface area (Å²) in [5.74, 6) is 0.668. The SMILES string of the molecule is Oc1ccccc1N1C(=S)N[C@@H](c2ccccn2)[C@H]1c1ccc(-c2ccc(Br)cc2F)o1. The highest BCUT2D eigenvalue weighted by Crippen LogP contribution is 2.45. The highest BCUT2D eigenvalue weighted by molar-refractivity contribution is 9.10. The lowest BCUT2D eigenvalue weighted by Gasteiger charge is -2.26. The molecular weight excluding hydrogens is 493 g/mol. The van der Waals surface area contributed by atoms with E-state index in [1.807, 2.05) is 29.2 Å². The predicted octanol–water partition coefficient (Wildman–Crippen LogP) is 6.13. The van der Waals surface area contributed by atoms with Crippen molar-refractivity contribution < 1.29 is 13.9 Å². The van der Waals surface area contributed by atoms with Crippen LogP contribution >= 0.6 is 28.1 Å². The molecular formula is C24H17BrFN3O2S. The van der Waals surface area contributed by atoms with Crippen molar-refractivity contribution in [2.24, 2.45) is 0 Å². The van der Waals surface area contributed by atoms with Gasteiger partial charge in [-0.05, 0) is 66.8 Å². The maximum atomic E-state index is 14.5. The number of phenols is 1. The number of hydrogen-bond acceptors (Lipinski definition) is 4. The number of halogens is 2. The molecule has 0 unspecified atom stereocenters. The number of anilines is 1. The summed E-state index contributed by atoms with van der Waals surface area (Å²) in [6.45, 7) is 0. The van der Waals surface area contributed by atoms with Crippen LogP contribution in [0.1, 0.15) is 23.5 Å². The number of para-hydroxylation sites is 2. The lowest BCUT2D eigenvalue weighted by Crippen LogP contribution is -2.29. The highest BCUT2D eigenvalue weighted by atomic mass is 79.9. The first-order chi connectivity index (χ1) is 15.5. The van der Waals surface area contributed by atoms with Crippen LogP contribution < -0.4 is 10.2 Å². The van der Waals surface area contributed by atoms with Crippen molar-refractivity contribution in [2.45, 2.75) is 12.1 Å². The van der Waals surface area contributed by atoms with E-state index < -0.39 is 6.04 Å². The average molecular weight is 510 g/mol. The number of nitrogens with one attached hydrogen (secondary N) is 1. The van der Waals surface area contributed by atoms with Crippen LogP contribution in [-0.2, 0) is 0 Å². The molecule has 1 aliphatic heterocycles. The van der Waals surface area contributed by atoms with Crippen molar-refractivity contribution in [3.8, 4) is 17.1 Å². The van der Waals surface area contributed by atoms with Gasteiger partial charge < -0.3 is 19.7 Å². The number of aromatic nitrogens is 1. The summed E-state index contributed by atoms with van der Waals surface area (Å²) in [5, 5.41) is 14.3. The average Bonchev–Trinajstić information content (AvgIpc) is 3.39. The summed E-state index contributed by atoms with van der Waals surface area (Å²) in [6.07, 6.45) is 1.71. The molecule has 1 fully saturated rings. The number of rotatable bonds is 4. The molecule has 0 spiro atoms. The van der Waals surface area contributed by atoms with Gasteiger partial charge in [0.1, 0.15) is 29.1 Å². The summed E-state index contributed by atoms with van der Waals surface area (Å²) >= 11 is 8.92. The third kappa shape index (κ3) is 3.65. The molecule has 0 radical (unpaired) electrons. The number of furan rings is 1. The van der Waals surface area contributed by atoms with Gasteiger partial charge >= 0.3 is 0 Å². The second kappa shape index (κ2) is 8.37. The molecule has 0 bridgehead atoms. The Morgan fingerprint density at radius 3 is 2.62 bits per heavy atom. The van der Waals surface area contributed by atoms with Gasteiger partial charge in [-0.3, -0.25) is 4.98 Å². The van der Waals surface area contributed by atoms with Gasteiger partial charge in [0.15, 0.2) is 5.11 Å². The van der Waals surface area contributed by atoms with Crippen LogP contribution in [0.2, 0.25) is 0 Å². The van der Waals surface area contributed by atoms with Crippen molar-refractivity contribution in [3.05, 3.63) is 101 Å². The van der Waals surface area contributed by atoms with Crippen molar-refractivity contribution in [2.75, 3.05) is 4.90 Å². The van der Waals surface area contributed by atoms with E-state index in [1.54, 1.807) is 48.7 Å². The molecule has 3 heterocycles. The molecule has 0 saturated carbocycles. The van der Waals surface area contributed by atoms with Gasteiger partial charge in [-0.1, -0.05) is 34.1 Å². The van der Waals surface area contributed by atoms with Gasteiger partial charge in [-0.2, -0.15) is 0 Å².